The van der Waals surface area contributed by atoms with Crippen molar-refractivity contribution in [1.82, 2.24) is 0 Å². The van der Waals surface area contributed by atoms with Gasteiger partial charge in [0.1, 0.15) is 11.3 Å². The Morgan fingerprint density at radius 3 is 2.67 bits per heavy atom. The van der Waals surface area contributed by atoms with Gasteiger partial charge in [0.2, 0.25) is 0 Å². The summed E-state index contributed by atoms with van der Waals surface area (Å²) in [5.41, 5.74) is 0.261. The van der Waals surface area contributed by atoms with Crippen molar-refractivity contribution in [2.45, 2.75) is 13.3 Å². The molecule has 0 bridgehead atoms. The van der Waals surface area contributed by atoms with Crippen LogP contribution in [0.5, 0.6) is 5.75 Å². The second-order valence-electron chi connectivity index (χ2n) is 4.42. The van der Waals surface area contributed by atoms with E-state index >= 15 is 0 Å². The summed E-state index contributed by atoms with van der Waals surface area (Å²) in [5, 5.41) is 1.56. The quantitative estimate of drug-likeness (QED) is 0.479. The fourth-order valence-electron chi connectivity index (χ4n) is 1.96. The molecule has 0 fully saturated rings. The Morgan fingerprint density at radius 2 is 1.95 bits per heavy atom. The molecule has 0 heterocycles. The minimum absolute atomic E-state index is 0.180. The predicted octanol–water partition coefficient (Wildman–Crippen LogP) is 3.50. The first-order chi connectivity index (χ1) is 10.2. The van der Waals surface area contributed by atoms with Crippen LogP contribution in [0.25, 0.3) is 10.8 Å². The minimum atomic E-state index is -0.616. The van der Waals surface area contributed by atoms with Crippen LogP contribution in [-0.4, -0.2) is 18.5 Å². The molecule has 0 N–H and O–H groups in total. The smallest absolute Gasteiger partial charge is 0.342 e. The summed E-state index contributed by atoms with van der Waals surface area (Å²) < 4.78 is 10.3. The number of fused-ring (bicyclic) bond motifs is 1. The topological polar surface area (TPSA) is 52.6 Å². The third-order valence-electron chi connectivity index (χ3n) is 2.91. The molecule has 0 atom stereocenters. The van der Waals surface area contributed by atoms with Crippen LogP contribution in [0.1, 0.15) is 23.7 Å². The molecule has 0 saturated carbocycles. The molecule has 0 aliphatic heterocycles. The van der Waals surface area contributed by atoms with Gasteiger partial charge in [-0.25, -0.2) is 9.59 Å². The summed E-state index contributed by atoms with van der Waals surface area (Å²) in [6, 6.07) is 10.7. The monoisotopic (exact) mass is 284 g/mol. The summed E-state index contributed by atoms with van der Waals surface area (Å²) in [6.45, 7) is 5.58. The van der Waals surface area contributed by atoms with Crippen molar-refractivity contribution >= 4 is 22.7 Å². The largest absolute Gasteiger partial charge is 0.462 e. The van der Waals surface area contributed by atoms with Gasteiger partial charge in [0.15, 0.2) is 0 Å². The van der Waals surface area contributed by atoms with Crippen LogP contribution in [0.15, 0.2) is 49.1 Å². The van der Waals surface area contributed by atoms with Crippen LogP contribution in [0.4, 0.5) is 0 Å². The summed E-state index contributed by atoms with van der Waals surface area (Å²) in [4.78, 5) is 23.7. The highest BCUT2D eigenvalue weighted by Gasteiger charge is 2.19. The number of carbonyl (C=O) groups is 2. The first kappa shape index (κ1) is 14.8. The van der Waals surface area contributed by atoms with Gasteiger partial charge >= 0.3 is 11.9 Å². The number of benzene rings is 2. The van der Waals surface area contributed by atoms with Gasteiger partial charge in [0.05, 0.1) is 6.61 Å². The molecular formula is C17H16O4. The van der Waals surface area contributed by atoms with Gasteiger partial charge in [-0.2, -0.15) is 0 Å². The SMILES string of the molecule is C=CC(=O)Oc1ccc2ccccc2c1C(=O)OCCC. The fourth-order valence-corrected chi connectivity index (χ4v) is 1.96. The lowest BCUT2D eigenvalue weighted by molar-refractivity contribution is -0.128. The molecule has 21 heavy (non-hydrogen) atoms. The highest BCUT2D eigenvalue weighted by atomic mass is 16.5. The van der Waals surface area contributed by atoms with Crippen molar-refractivity contribution in [3.63, 3.8) is 0 Å². The molecule has 0 spiro atoms. The molecular weight excluding hydrogens is 268 g/mol. The molecule has 4 nitrogen and oxygen atoms in total. The highest BCUT2D eigenvalue weighted by Crippen LogP contribution is 2.29. The Bertz CT molecular complexity index is 688. The van der Waals surface area contributed by atoms with Crippen LogP contribution >= 0.6 is 0 Å². The van der Waals surface area contributed by atoms with Gasteiger partial charge < -0.3 is 9.47 Å². The predicted molar refractivity (Wildman–Crippen MR) is 80.4 cm³/mol. The molecule has 0 unspecified atom stereocenters. The number of ether oxygens (including phenoxy) is 2. The van der Waals surface area contributed by atoms with Crippen molar-refractivity contribution in [2.24, 2.45) is 0 Å². The fraction of sp³-hybridized carbons (Fsp3) is 0.176. The maximum absolute atomic E-state index is 12.3. The first-order valence-corrected chi connectivity index (χ1v) is 6.70. The third-order valence-corrected chi connectivity index (χ3v) is 2.91. The second kappa shape index (κ2) is 6.70. The zero-order valence-electron chi connectivity index (χ0n) is 11.8. The molecule has 4 heteroatoms. The third kappa shape index (κ3) is 3.28. The van der Waals surface area contributed by atoms with E-state index in [0.29, 0.717) is 12.0 Å². The maximum Gasteiger partial charge on any atom is 0.342 e. The van der Waals surface area contributed by atoms with Crippen molar-refractivity contribution in [1.29, 1.82) is 0 Å². The lowest BCUT2D eigenvalue weighted by Gasteiger charge is -2.11. The summed E-state index contributed by atoms with van der Waals surface area (Å²) >= 11 is 0. The highest BCUT2D eigenvalue weighted by molar-refractivity contribution is 6.07. The molecule has 0 aliphatic rings. The number of esters is 2. The van der Waals surface area contributed by atoms with E-state index in [1.165, 1.54) is 0 Å². The van der Waals surface area contributed by atoms with E-state index in [1.807, 2.05) is 25.1 Å². The Morgan fingerprint density at radius 1 is 1.19 bits per heavy atom. The Kier molecular flexibility index (Phi) is 4.72. The normalized spacial score (nSPS) is 10.1. The average molecular weight is 284 g/mol. The van der Waals surface area contributed by atoms with Crippen molar-refractivity contribution in [2.75, 3.05) is 6.61 Å². The van der Waals surface area contributed by atoms with Gasteiger partial charge in [0.25, 0.3) is 0 Å². The molecule has 0 amide bonds. The van der Waals surface area contributed by atoms with E-state index in [9.17, 15) is 9.59 Å². The molecule has 0 aliphatic carbocycles. The number of rotatable bonds is 5. The second-order valence-corrected chi connectivity index (χ2v) is 4.42. The van der Waals surface area contributed by atoms with Crippen molar-refractivity contribution in [3.8, 4) is 5.75 Å². The number of carbonyl (C=O) groups excluding carboxylic acids is 2. The van der Waals surface area contributed by atoms with Crippen LogP contribution in [0.3, 0.4) is 0 Å². The molecule has 2 aromatic carbocycles. The number of hydrogen-bond acceptors (Lipinski definition) is 4. The van der Waals surface area contributed by atoms with Crippen LogP contribution < -0.4 is 4.74 Å². The van der Waals surface area contributed by atoms with Crippen LogP contribution in [0, 0.1) is 0 Å². The molecule has 0 radical (unpaired) electrons. The van der Waals surface area contributed by atoms with Crippen molar-refractivity contribution < 1.29 is 19.1 Å². The first-order valence-electron chi connectivity index (χ1n) is 6.70. The van der Waals surface area contributed by atoms with Gasteiger partial charge in [-0.3, -0.25) is 0 Å². The molecule has 108 valence electrons. The summed E-state index contributed by atoms with van der Waals surface area (Å²) in [5.74, 6) is -0.935. The maximum atomic E-state index is 12.3. The minimum Gasteiger partial charge on any atom is -0.462 e. The average Bonchev–Trinajstić information content (AvgIpc) is 2.52. The van der Waals surface area contributed by atoms with E-state index in [0.717, 1.165) is 17.9 Å². The van der Waals surface area contributed by atoms with Crippen LogP contribution in [0.2, 0.25) is 0 Å². The molecule has 2 aromatic rings. The van der Waals surface area contributed by atoms with Gasteiger partial charge in [0, 0.05) is 6.08 Å². The Hall–Kier alpha value is -2.62. The van der Waals surface area contributed by atoms with Crippen LogP contribution in [-0.2, 0) is 9.53 Å². The zero-order valence-corrected chi connectivity index (χ0v) is 11.8. The standard InChI is InChI=1S/C17H16O4/c1-3-11-20-17(19)16-13-8-6-5-7-12(13)9-10-14(16)21-15(18)4-2/h4-10H,2-3,11H2,1H3. The zero-order chi connectivity index (χ0) is 15.2. The van der Waals surface area contributed by atoms with E-state index in [-0.39, 0.29) is 11.3 Å². The van der Waals surface area contributed by atoms with E-state index in [2.05, 4.69) is 6.58 Å². The molecule has 0 saturated heterocycles. The summed E-state index contributed by atoms with van der Waals surface area (Å²) in [6.07, 6.45) is 1.77. The Labute approximate surface area is 123 Å². The molecule has 0 aromatic heterocycles. The van der Waals surface area contributed by atoms with E-state index in [1.54, 1.807) is 18.2 Å². The van der Waals surface area contributed by atoms with Gasteiger partial charge in [-0.1, -0.05) is 43.8 Å². The van der Waals surface area contributed by atoms with E-state index in [4.69, 9.17) is 9.47 Å². The lowest BCUT2D eigenvalue weighted by Crippen LogP contribution is -2.12. The molecule has 2 rings (SSSR count). The van der Waals surface area contributed by atoms with Crippen molar-refractivity contribution in [3.05, 3.63) is 54.6 Å². The number of hydrogen-bond donors (Lipinski definition) is 0. The van der Waals surface area contributed by atoms with Gasteiger partial charge in [-0.15, -0.1) is 0 Å². The lowest BCUT2D eigenvalue weighted by atomic mass is 10.0. The summed E-state index contributed by atoms with van der Waals surface area (Å²) in [7, 11) is 0. The van der Waals surface area contributed by atoms with Gasteiger partial charge in [-0.05, 0) is 23.3 Å². The Balaban J connectivity index is 2.53. The van der Waals surface area contributed by atoms with E-state index < -0.39 is 11.9 Å².